The lowest BCUT2D eigenvalue weighted by molar-refractivity contribution is -0.135. The Kier molecular flexibility index (Phi) is 5.67. The molecule has 0 radical (unpaired) electrons. The number of nitrogens with zero attached hydrogens (tertiary/aromatic N) is 1. The van der Waals surface area contributed by atoms with Crippen LogP contribution in [-0.4, -0.2) is 34.4 Å². The number of thioether (sulfide) groups is 1. The molecule has 0 spiro atoms. The van der Waals surface area contributed by atoms with Crippen molar-refractivity contribution in [3.63, 3.8) is 0 Å². The molecule has 1 fully saturated rings. The average molecular weight is 369 g/mol. The van der Waals surface area contributed by atoms with Gasteiger partial charge in [-0.3, -0.25) is 9.59 Å². The lowest BCUT2D eigenvalue weighted by Crippen LogP contribution is -2.45. The molecule has 1 aliphatic heterocycles. The number of benzene rings is 2. The third-order valence-electron chi connectivity index (χ3n) is 4.88. The number of amides is 2. The van der Waals surface area contributed by atoms with Gasteiger partial charge in [-0.15, -0.1) is 11.8 Å². The zero-order valence-electron chi connectivity index (χ0n) is 15.4. The summed E-state index contributed by atoms with van der Waals surface area (Å²) in [5.74, 6) is 1.09. The first kappa shape index (κ1) is 18.5. The topological polar surface area (TPSA) is 49.4 Å². The predicted molar refractivity (Wildman–Crippen MR) is 107 cm³/mol. The molecule has 0 aromatic heterocycles. The Hall–Kier alpha value is -2.27. The zero-order chi connectivity index (χ0) is 18.7. The van der Waals surface area contributed by atoms with Crippen LogP contribution in [0.25, 0.3) is 0 Å². The summed E-state index contributed by atoms with van der Waals surface area (Å²) in [6.07, 6.45) is 0.334. The molecule has 4 nitrogen and oxygen atoms in total. The summed E-state index contributed by atoms with van der Waals surface area (Å²) in [7, 11) is 0. The molecule has 136 valence electrons. The average Bonchev–Trinajstić information content (AvgIpc) is 3.10. The highest BCUT2D eigenvalue weighted by Gasteiger charge is 2.34. The van der Waals surface area contributed by atoms with E-state index < -0.39 is 6.04 Å². The Morgan fingerprint density at radius 1 is 1.08 bits per heavy atom. The summed E-state index contributed by atoms with van der Waals surface area (Å²) in [6, 6.07) is 13.3. The van der Waals surface area contributed by atoms with E-state index in [1.165, 1.54) is 5.56 Å². The van der Waals surface area contributed by atoms with Crippen LogP contribution in [-0.2, 0) is 16.0 Å². The van der Waals surface area contributed by atoms with E-state index in [2.05, 4.69) is 5.32 Å². The van der Waals surface area contributed by atoms with Crippen molar-refractivity contribution < 1.29 is 9.59 Å². The van der Waals surface area contributed by atoms with E-state index in [0.29, 0.717) is 18.1 Å². The van der Waals surface area contributed by atoms with Crippen molar-refractivity contribution in [2.75, 3.05) is 16.9 Å². The molecular formula is C21H24N2O2S. The molecule has 3 rings (SSSR count). The highest BCUT2D eigenvalue weighted by atomic mass is 32.2. The smallest absolute Gasteiger partial charge is 0.248 e. The van der Waals surface area contributed by atoms with Crippen LogP contribution in [0.3, 0.4) is 0 Å². The quantitative estimate of drug-likeness (QED) is 0.895. The largest absolute Gasteiger partial charge is 0.324 e. The molecule has 0 aliphatic carbocycles. The second kappa shape index (κ2) is 7.96. The van der Waals surface area contributed by atoms with Gasteiger partial charge in [0.1, 0.15) is 6.04 Å². The van der Waals surface area contributed by atoms with Crippen molar-refractivity contribution >= 4 is 29.3 Å². The van der Waals surface area contributed by atoms with Crippen molar-refractivity contribution in [1.29, 1.82) is 0 Å². The van der Waals surface area contributed by atoms with E-state index in [-0.39, 0.29) is 11.8 Å². The number of aryl methyl sites for hydroxylation is 3. The molecule has 5 heteroatoms. The molecule has 1 aliphatic rings. The maximum atomic E-state index is 12.8. The molecule has 2 aromatic carbocycles. The maximum absolute atomic E-state index is 12.8. The number of nitrogens with one attached hydrogen (secondary N) is 1. The Morgan fingerprint density at radius 3 is 2.58 bits per heavy atom. The highest BCUT2D eigenvalue weighted by Crippen LogP contribution is 2.24. The second-order valence-electron chi connectivity index (χ2n) is 6.77. The van der Waals surface area contributed by atoms with Crippen molar-refractivity contribution in [1.82, 2.24) is 4.90 Å². The van der Waals surface area contributed by atoms with Gasteiger partial charge in [-0.25, -0.2) is 0 Å². The van der Waals surface area contributed by atoms with Crippen molar-refractivity contribution in [3.8, 4) is 0 Å². The monoisotopic (exact) mass is 368 g/mol. The van der Waals surface area contributed by atoms with Gasteiger partial charge in [0.15, 0.2) is 0 Å². The van der Waals surface area contributed by atoms with Crippen molar-refractivity contribution in [3.05, 3.63) is 64.7 Å². The number of hydrogen-bond donors (Lipinski definition) is 1. The second-order valence-corrected chi connectivity index (χ2v) is 7.77. The van der Waals surface area contributed by atoms with E-state index in [1.807, 2.05) is 63.2 Å². The Morgan fingerprint density at radius 2 is 1.85 bits per heavy atom. The third-order valence-corrected chi connectivity index (χ3v) is 5.89. The minimum atomic E-state index is -0.418. The normalized spacial score (nSPS) is 16.6. The van der Waals surface area contributed by atoms with Crippen LogP contribution in [0.2, 0.25) is 0 Å². The number of carbonyl (C=O) groups excluding carboxylic acids is 2. The number of anilines is 1. The Bertz CT molecular complexity index is 835. The van der Waals surface area contributed by atoms with Gasteiger partial charge < -0.3 is 10.2 Å². The molecule has 26 heavy (non-hydrogen) atoms. The summed E-state index contributed by atoms with van der Waals surface area (Å²) < 4.78 is 0. The van der Waals surface area contributed by atoms with Gasteiger partial charge in [-0.1, -0.05) is 30.3 Å². The van der Waals surface area contributed by atoms with Gasteiger partial charge in [-0.05, 0) is 55.2 Å². The molecule has 1 N–H and O–H groups in total. The molecule has 1 atom stereocenters. The van der Waals surface area contributed by atoms with E-state index in [0.717, 1.165) is 22.4 Å². The van der Waals surface area contributed by atoms with Crippen LogP contribution >= 0.6 is 11.8 Å². The summed E-state index contributed by atoms with van der Waals surface area (Å²) in [6.45, 7) is 6.07. The fourth-order valence-corrected chi connectivity index (χ4v) is 4.20. The van der Waals surface area contributed by atoms with E-state index in [1.54, 1.807) is 16.7 Å². The summed E-state index contributed by atoms with van der Waals surface area (Å²) >= 11 is 1.62. The van der Waals surface area contributed by atoms with Crippen molar-refractivity contribution in [2.45, 2.75) is 33.2 Å². The first-order chi connectivity index (χ1) is 12.5. The van der Waals surface area contributed by atoms with Gasteiger partial charge in [0.25, 0.3) is 0 Å². The molecule has 0 saturated carbocycles. The minimum absolute atomic E-state index is 0.00420. The van der Waals surface area contributed by atoms with Crippen LogP contribution in [0.1, 0.15) is 22.3 Å². The molecule has 2 aromatic rings. The maximum Gasteiger partial charge on any atom is 0.248 e. The Balaban J connectivity index is 1.68. The fraction of sp³-hybridized carbons (Fsp3) is 0.333. The van der Waals surface area contributed by atoms with Crippen LogP contribution in [0.15, 0.2) is 42.5 Å². The van der Waals surface area contributed by atoms with Crippen LogP contribution in [0.4, 0.5) is 5.69 Å². The van der Waals surface area contributed by atoms with Crippen molar-refractivity contribution in [2.24, 2.45) is 0 Å². The van der Waals surface area contributed by atoms with E-state index in [4.69, 9.17) is 0 Å². The minimum Gasteiger partial charge on any atom is -0.324 e. The standard InChI is InChI=1S/C21H24N2O2S/c1-14-8-9-18(10-16(14)3)22-21(25)19-12-26-13-23(19)20(24)11-17-7-5-4-6-15(17)2/h4-10,19H,11-13H2,1-3H3,(H,22,25). The summed E-state index contributed by atoms with van der Waals surface area (Å²) in [4.78, 5) is 27.2. The van der Waals surface area contributed by atoms with Crippen LogP contribution in [0.5, 0.6) is 0 Å². The summed E-state index contributed by atoms with van der Waals surface area (Å²) in [5, 5.41) is 2.97. The molecule has 0 bridgehead atoms. The highest BCUT2D eigenvalue weighted by molar-refractivity contribution is 7.99. The number of hydrogen-bond acceptors (Lipinski definition) is 3. The van der Waals surface area contributed by atoms with Gasteiger partial charge in [-0.2, -0.15) is 0 Å². The fourth-order valence-electron chi connectivity index (χ4n) is 3.02. The van der Waals surface area contributed by atoms with Crippen LogP contribution < -0.4 is 5.32 Å². The molecule has 1 saturated heterocycles. The Labute approximate surface area is 159 Å². The number of carbonyl (C=O) groups is 2. The predicted octanol–water partition coefficient (Wildman–Crippen LogP) is 3.69. The molecule has 2 amide bonds. The lowest BCUT2D eigenvalue weighted by Gasteiger charge is -2.23. The molecule has 1 unspecified atom stereocenters. The lowest BCUT2D eigenvalue weighted by atomic mass is 10.0. The first-order valence-corrected chi connectivity index (χ1v) is 9.91. The van der Waals surface area contributed by atoms with Gasteiger partial charge >= 0.3 is 0 Å². The first-order valence-electron chi connectivity index (χ1n) is 8.75. The SMILES string of the molecule is Cc1ccc(NC(=O)C2CSCN2C(=O)Cc2ccccc2C)cc1C. The third kappa shape index (κ3) is 4.10. The van der Waals surface area contributed by atoms with E-state index >= 15 is 0 Å². The molecular weight excluding hydrogens is 344 g/mol. The zero-order valence-corrected chi connectivity index (χ0v) is 16.2. The van der Waals surface area contributed by atoms with Crippen LogP contribution in [0, 0.1) is 20.8 Å². The van der Waals surface area contributed by atoms with Gasteiger partial charge in [0, 0.05) is 11.4 Å². The summed E-state index contributed by atoms with van der Waals surface area (Å²) in [5.41, 5.74) is 5.22. The van der Waals surface area contributed by atoms with Gasteiger partial charge in [0.2, 0.25) is 11.8 Å². The van der Waals surface area contributed by atoms with Gasteiger partial charge in [0.05, 0.1) is 12.3 Å². The molecule has 1 heterocycles. The van der Waals surface area contributed by atoms with E-state index in [9.17, 15) is 9.59 Å². The number of rotatable bonds is 4.